The summed E-state index contributed by atoms with van der Waals surface area (Å²) in [4.78, 5) is 15.2. The molecule has 1 aliphatic carbocycles. The molecule has 0 radical (unpaired) electrons. The van der Waals surface area contributed by atoms with Gasteiger partial charge in [0.1, 0.15) is 0 Å². The summed E-state index contributed by atoms with van der Waals surface area (Å²) in [7, 11) is 1.69. The van der Waals surface area contributed by atoms with Crippen LogP contribution in [0.25, 0.3) is 0 Å². The average Bonchev–Trinajstić information content (AvgIpc) is 2.97. The lowest BCUT2D eigenvalue weighted by atomic mass is 9.61. The van der Waals surface area contributed by atoms with Crippen molar-refractivity contribution in [3.05, 3.63) is 83.7 Å². The van der Waals surface area contributed by atoms with Crippen molar-refractivity contribution in [3.63, 3.8) is 0 Å². The molecule has 1 saturated carbocycles. The summed E-state index contributed by atoms with van der Waals surface area (Å²) in [5.41, 5.74) is 8.67. The van der Waals surface area contributed by atoms with Crippen molar-refractivity contribution in [2.45, 2.75) is 47.0 Å². The second-order valence-electron chi connectivity index (χ2n) is 8.17. The third-order valence-corrected chi connectivity index (χ3v) is 6.78. The summed E-state index contributed by atoms with van der Waals surface area (Å²) in [5, 5.41) is 0. The Labute approximate surface area is 182 Å². The summed E-state index contributed by atoms with van der Waals surface area (Å²) in [5.74, 6) is 6.66. The zero-order valence-electron chi connectivity index (χ0n) is 19.0. The fourth-order valence-corrected chi connectivity index (χ4v) is 4.59. The molecule has 2 rings (SSSR count). The highest BCUT2D eigenvalue weighted by Gasteiger charge is 2.59. The standard InChI is InChI=1S/C27H34N2O/c1-8-22(16-17-23-14-12-11-13-15-23)18-24-20(4)19-27(9-2,10-3)26(24,6)25(30)29(7)21(5)28/h8,11-15,18H,4-5,9-10,19,28H2,1-3,6-7H3/b22-8-,24-18+. The highest BCUT2D eigenvalue weighted by Crippen LogP contribution is 2.62. The van der Waals surface area contributed by atoms with Gasteiger partial charge in [0, 0.05) is 18.2 Å². The Kier molecular flexibility index (Phi) is 7.16. The van der Waals surface area contributed by atoms with E-state index >= 15 is 0 Å². The van der Waals surface area contributed by atoms with E-state index in [1.54, 1.807) is 7.05 Å². The number of benzene rings is 1. The minimum absolute atomic E-state index is 0.0462. The Hall–Kier alpha value is -2.99. The van der Waals surface area contributed by atoms with Crippen LogP contribution in [0.3, 0.4) is 0 Å². The summed E-state index contributed by atoms with van der Waals surface area (Å²) in [6, 6.07) is 9.88. The molecule has 1 amide bonds. The molecule has 3 heteroatoms. The van der Waals surface area contributed by atoms with Gasteiger partial charge >= 0.3 is 0 Å². The Morgan fingerprint density at radius 1 is 1.27 bits per heavy atom. The lowest BCUT2D eigenvalue weighted by molar-refractivity contribution is -0.142. The van der Waals surface area contributed by atoms with Gasteiger partial charge in [-0.1, -0.05) is 68.7 Å². The van der Waals surface area contributed by atoms with Crippen LogP contribution in [0.15, 0.2) is 78.2 Å². The Morgan fingerprint density at radius 2 is 1.87 bits per heavy atom. The molecule has 30 heavy (non-hydrogen) atoms. The monoisotopic (exact) mass is 402 g/mol. The summed E-state index contributed by atoms with van der Waals surface area (Å²) in [6.45, 7) is 16.4. The molecular weight excluding hydrogens is 368 g/mol. The first-order valence-electron chi connectivity index (χ1n) is 10.5. The van der Waals surface area contributed by atoms with E-state index in [-0.39, 0.29) is 17.1 Å². The Balaban J connectivity index is 2.62. The minimum Gasteiger partial charge on any atom is -0.386 e. The first-order chi connectivity index (χ1) is 14.2. The van der Waals surface area contributed by atoms with Crippen LogP contribution in [0.1, 0.15) is 52.5 Å². The number of carbonyl (C=O) groups excluding carboxylic acids is 1. The largest absolute Gasteiger partial charge is 0.386 e. The van der Waals surface area contributed by atoms with Crippen molar-refractivity contribution in [1.82, 2.24) is 4.90 Å². The SMILES string of the molecule is C=C1CC(CC)(CC)C(C)(C(=O)N(C)C(=C)N)/C1=C/C(C#Cc1ccccc1)=C\C. The molecule has 0 spiro atoms. The molecule has 0 heterocycles. The molecule has 1 fully saturated rings. The van der Waals surface area contributed by atoms with E-state index in [0.29, 0.717) is 0 Å². The number of rotatable bonds is 5. The van der Waals surface area contributed by atoms with Gasteiger partial charge in [0.15, 0.2) is 0 Å². The summed E-state index contributed by atoms with van der Waals surface area (Å²) >= 11 is 0. The molecule has 1 aromatic rings. The fraction of sp³-hybridized carbons (Fsp3) is 0.370. The molecule has 158 valence electrons. The number of hydrogen-bond acceptors (Lipinski definition) is 2. The number of hydrogen-bond donors (Lipinski definition) is 1. The quantitative estimate of drug-likeness (QED) is 0.654. The zero-order chi connectivity index (χ0) is 22.5. The van der Waals surface area contributed by atoms with Crippen molar-refractivity contribution in [1.29, 1.82) is 0 Å². The Morgan fingerprint density at radius 3 is 2.37 bits per heavy atom. The van der Waals surface area contributed by atoms with E-state index in [4.69, 9.17) is 5.73 Å². The van der Waals surface area contributed by atoms with E-state index in [1.807, 2.05) is 56.3 Å². The van der Waals surface area contributed by atoms with Crippen molar-refractivity contribution in [2.24, 2.45) is 16.6 Å². The van der Waals surface area contributed by atoms with Crippen LogP contribution in [0.4, 0.5) is 0 Å². The van der Waals surface area contributed by atoms with Gasteiger partial charge in [0.2, 0.25) is 5.91 Å². The van der Waals surface area contributed by atoms with E-state index in [0.717, 1.165) is 41.5 Å². The van der Waals surface area contributed by atoms with Crippen LogP contribution in [-0.4, -0.2) is 17.9 Å². The molecule has 0 aliphatic heterocycles. The third kappa shape index (κ3) is 4.00. The predicted octanol–water partition coefficient (Wildman–Crippen LogP) is 5.57. The minimum atomic E-state index is -0.757. The van der Waals surface area contributed by atoms with E-state index < -0.39 is 5.41 Å². The van der Waals surface area contributed by atoms with Crippen LogP contribution in [0.5, 0.6) is 0 Å². The highest BCUT2D eigenvalue weighted by atomic mass is 16.2. The third-order valence-electron chi connectivity index (χ3n) is 6.78. The smallest absolute Gasteiger partial charge is 0.238 e. The molecule has 3 nitrogen and oxygen atoms in total. The zero-order valence-corrected chi connectivity index (χ0v) is 19.0. The van der Waals surface area contributed by atoms with Crippen molar-refractivity contribution >= 4 is 5.91 Å². The maximum atomic E-state index is 13.7. The number of nitrogens with zero attached hydrogens (tertiary/aromatic N) is 1. The maximum Gasteiger partial charge on any atom is 0.238 e. The molecule has 1 aliphatic rings. The van der Waals surface area contributed by atoms with E-state index in [2.05, 4.69) is 38.8 Å². The number of allylic oxidation sites excluding steroid dienone is 4. The second-order valence-corrected chi connectivity index (χ2v) is 8.17. The average molecular weight is 403 g/mol. The molecule has 1 atom stereocenters. The van der Waals surface area contributed by atoms with Crippen LogP contribution in [-0.2, 0) is 4.79 Å². The molecule has 1 aromatic carbocycles. The van der Waals surface area contributed by atoms with Crippen LogP contribution in [0.2, 0.25) is 0 Å². The van der Waals surface area contributed by atoms with E-state index in [1.165, 1.54) is 4.90 Å². The number of nitrogens with two attached hydrogens (primary N) is 1. The molecule has 2 N–H and O–H groups in total. The molecule has 0 saturated heterocycles. The van der Waals surface area contributed by atoms with Gasteiger partial charge in [-0.25, -0.2) is 0 Å². The lowest BCUT2D eigenvalue weighted by Crippen LogP contribution is -2.49. The first kappa shape index (κ1) is 23.3. The molecular formula is C27H34N2O. The van der Waals surface area contributed by atoms with Gasteiger partial charge in [-0.05, 0) is 62.3 Å². The van der Waals surface area contributed by atoms with Gasteiger partial charge < -0.3 is 10.6 Å². The van der Waals surface area contributed by atoms with Crippen molar-refractivity contribution in [2.75, 3.05) is 7.05 Å². The summed E-state index contributed by atoms with van der Waals surface area (Å²) in [6.07, 6.45) is 6.53. The highest BCUT2D eigenvalue weighted by molar-refractivity contribution is 5.90. The second kappa shape index (κ2) is 9.22. The van der Waals surface area contributed by atoms with Gasteiger partial charge in [-0.2, -0.15) is 0 Å². The molecule has 0 bridgehead atoms. The topological polar surface area (TPSA) is 46.3 Å². The maximum absolute atomic E-state index is 13.7. The van der Waals surface area contributed by atoms with Gasteiger partial charge in [0.05, 0.1) is 11.2 Å². The number of carbonyl (C=O) groups is 1. The Bertz CT molecular complexity index is 952. The first-order valence-corrected chi connectivity index (χ1v) is 10.5. The van der Waals surface area contributed by atoms with E-state index in [9.17, 15) is 4.79 Å². The van der Waals surface area contributed by atoms with Crippen LogP contribution in [0, 0.1) is 22.7 Å². The summed E-state index contributed by atoms with van der Waals surface area (Å²) < 4.78 is 0. The van der Waals surface area contributed by atoms with Gasteiger partial charge in [0.25, 0.3) is 0 Å². The van der Waals surface area contributed by atoms with Crippen molar-refractivity contribution in [3.8, 4) is 11.8 Å². The van der Waals surface area contributed by atoms with Crippen molar-refractivity contribution < 1.29 is 4.79 Å². The van der Waals surface area contributed by atoms with Crippen LogP contribution < -0.4 is 5.73 Å². The van der Waals surface area contributed by atoms with Crippen LogP contribution >= 0.6 is 0 Å². The predicted molar refractivity (Wildman–Crippen MR) is 126 cm³/mol. The van der Waals surface area contributed by atoms with Gasteiger partial charge in [-0.3, -0.25) is 4.79 Å². The lowest BCUT2D eigenvalue weighted by Gasteiger charge is -2.44. The fourth-order valence-electron chi connectivity index (χ4n) is 4.59. The number of amides is 1. The molecule has 0 aromatic heterocycles. The van der Waals surface area contributed by atoms with Gasteiger partial charge in [-0.15, -0.1) is 0 Å². The normalized spacial score (nSPS) is 21.8. The molecule has 1 unspecified atom stereocenters.